The summed E-state index contributed by atoms with van der Waals surface area (Å²) in [5.74, 6) is 0.240. The minimum absolute atomic E-state index is 0.240. The Bertz CT molecular complexity index is 566. The van der Waals surface area contributed by atoms with Gasteiger partial charge in [0.05, 0.1) is 6.26 Å². The SMILES string of the molecule is C=Cc1ccc(S(=O)(=O)NS(C)(=O)=O)o1. The second kappa shape index (κ2) is 3.80. The summed E-state index contributed by atoms with van der Waals surface area (Å²) in [6.45, 7) is 3.37. The van der Waals surface area contributed by atoms with Gasteiger partial charge < -0.3 is 4.42 Å². The first kappa shape index (κ1) is 12.0. The molecule has 0 aliphatic heterocycles. The van der Waals surface area contributed by atoms with Crippen LogP contribution in [0.25, 0.3) is 6.08 Å². The first-order valence-electron chi connectivity index (χ1n) is 3.70. The number of furan rings is 1. The largest absolute Gasteiger partial charge is 0.444 e. The summed E-state index contributed by atoms with van der Waals surface area (Å²) in [6, 6.07) is 2.51. The van der Waals surface area contributed by atoms with Crippen LogP contribution in [0.1, 0.15) is 5.76 Å². The van der Waals surface area contributed by atoms with Crippen LogP contribution in [0.4, 0.5) is 0 Å². The first-order valence-corrected chi connectivity index (χ1v) is 7.08. The molecule has 1 heterocycles. The fraction of sp³-hybridized carbons (Fsp3) is 0.143. The molecule has 0 aliphatic carbocycles. The highest BCUT2D eigenvalue weighted by Crippen LogP contribution is 2.14. The highest BCUT2D eigenvalue weighted by Gasteiger charge is 2.22. The number of nitrogens with one attached hydrogen (secondary N) is 1. The lowest BCUT2D eigenvalue weighted by Gasteiger charge is -2.00. The first-order chi connectivity index (χ1) is 6.74. The summed E-state index contributed by atoms with van der Waals surface area (Å²) in [7, 11) is -8.01. The predicted octanol–water partition coefficient (Wildman–Crippen LogP) is 0.161. The average Bonchev–Trinajstić information content (AvgIpc) is 2.47. The van der Waals surface area contributed by atoms with Gasteiger partial charge in [-0.05, 0) is 18.2 Å². The van der Waals surface area contributed by atoms with Crippen molar-refractivity contribution < 1.29 is 21.3 Å². The third kappa shape index (κ3) is 3.18. The van der Waals surface area contributed by atoms with E-state index < -0.39 is 25.1 Å². The molecule has 0 saturated heterocycles. The van der Waals surface area contributed by atoms with Crippen molar-refractivity contribution >= 4 is 26.1 Å². The Morgan fingerprint density at radius 3 is 2.33 bits per heavy atom. The van der Waals surface area contributed by atoms with Crippen LogP contribution < -0.4 is 4.13 Å². The standard InChI is InChI=1S/C7H9NO5S2/c1-3-6-4-5-7(13-6)15(11,12)8-14(2,9)10/h3-5,8H,1H2,2H3. The minimum Gasteiger partial charge on any atom is -0.444 e. The molecule has 8 heteroatoms. The zero-order chi connectivity index (χ0) is 11.7. The van der Waals surface area contributed by atoms with Gasteiger partial charge >= 0.3 is 0 Å². The van der Waals surface area contributed by atoms with E-state index in [-0.39, 0.29) is 5.76 Å². The Kier molecular flexibility index (Phi) is 3.03. The van der Waals surface area contributed by atoms with E-state index in [2.05, 4.69) is 6.58 Å². The van der Waals surface area contributed by atoms with Gasteiger partial charge in [0, 0.05) is 0 Å². The van der Waals surface area contributed by atoms with Crippen LogP contribution in [-0.2, 0) is 20.0 Å². The van der Waals surface area contributed by atoms with Crippen molar-refractivity contribution in [2.24, 2.45) is 0 Å². The molecule has 0 fully saturated rings. The molecular formula is C7H9NO5S2. The lowest BCUT2D eigenvalue weighted by molar-refractivity contribution is 0.442. The number of hydrogen-bond donors (Lipinski definition) is 1. The van der Waals surface area contributed by atoms with Crippen LogP contribution in [0.15, 0.2) is 28.2 Å². The summed E-state index contributed by atoms with van der Waals surface area (Å²) in [6.07, 6.45) is 2.04. The molecule has 0 aliphatic rings. The molecule has 84 valence electrons. The molecule has 0 unspecified atom stereocenters. The quantitative estimate of drug-likeness (QED) is 0.822. The monoisotopic (exact) mass is 251 g/mol. The van der Waals surface area contributed by atoms with E-state index in [4.69, 9.17) is 4.42 Å². The molecule has 0 amide bonds. The average molecular weight is 251 g/mol. The van der Waals surface area contributed by atoms with Crippen molar-refractivity contribution in [1.29, 1.82) is 0 Å². The minimum atomic E-state index is -4.16. The van der Waals surface area contributed by atoms with Gasteiger partial charge in [-0.1, -0.05) is 6.58 Å². The normalized spacial score (nSPS) is 12.6. The van der Waals surface area contributed by atoms with E-state index in [1.165, 1.54) is 16.3 Å². The Morgan fingerprint density at radius 2 is 1.93 bits per heavy atom. The summed E-state index contributed by atoms with van der Waals surface area (Å²) in [5.41, 5.74) is 0. The summed E-state index contributed by atoms with van der Waals surface area (Å²) >= 11 is 0. The van der Waals surface area contributed by atoms with Crippen molar-refractivity contribution in [1.82, 2.24) is 4.13 Å². The fourth-order valence-electron chi connectivity index (χ4n) is 0.829. The van der Waals surface area contributed by atoms with Gasteiger partial charge in [-0.2, -0.15) is 0 Å². The van der Waals surface area contributed by atoms with Crippen LogP contribution in [0, 0.1) is 0 Å². The van der Waals surface area contributed by atoms with Gasteiger partial charge in [0.15, 0.2) is 0 Å². The molecule has 1 rings (SSSR count). The fourth-order valence-corrected chi connectivity index (χ4v) is 3.20. The van der Waals surface area contributed by atoms with Gasteiger partial charge in [0.1, 0.15) is 5.76 Å². The molecule has 0 aromatic carbocycles. The van der Waals surface area contributed by atoms with E-state index in [1.54, 1.807) is 0 Å². The molecule has 0 atom stereocenters. The second-order valence-corrected chi connectivity index (χ2v) is 6.34. The van der Waals surface area contributed by atoms with Crippen molar-refractivity contribution in [2.45, 2.75) is 5.09 Å². The van der Waals surface area contributed by atoms with Crippen molar-refractivity contribution in [2.75, 3.05) is 6.26 Å². The molecule has 0 saturated carbocycles. The zero-order valence-corrected chi connectivity index (χ0v) is 9.43. The van der Waals surface area contributed by atoms with Crippen LogP contribution in [-0.4, -0.2) is 23.1 Å². The predicted molar refractivity (Wildman–Crippen MR) is 54.0 cm³/mol. The second-order valence-electron chi connectivity index (χ2n) is 2.72. The van der Waals surface area contributed by atoms with Gasteiger partial charge in [0.25, 0.3) is 10.0 Å². The highest BCUT2D eigenvalue weighted by molar-refractivity contribution is 8.04. The van der Waals surface area contributed by atoms with Crippen molar-refractivity contribution in [3.05, 3.63) is 24.5 Å². The summed E-state index contributed by atoms with van der Waals surface area (Å²) < 4.78 is 50.5. The molecule has 1 N–H and O–H groups in total. The summed E-state index contributed by atoms with van der Waals surface area (Å²) in [4.78, 5) is 0. The van der Waals surface area contributed by atoms with E-state index in [0.717, 1.165) is 12.3 Å². The van der Waals surface area contributed by atoms with Crippen molar-refractivity contribution in [3.63, 3.8) is 0 Å². The molecule has 1 aromatic rings. The maximum absolute atomic E-state index is 11.4. The molecule has 6 nitrogen and oxygen atoms in total. The number of hydrogen-bond acceptors (Lipinski definition) is 5. The van der Waals surface area contributed by atoms with Gasteiger partial charge in [-0.15, -0.1) is 4.13 Å². The topological polar surface area (TPSA) is 93.5 Å². The molecule has 15 heavy (non-hydrogen) atoms. The van der Waals surface area contributed by atoms with Crippen LogP contribution in [0.2, 0.25) is 0 Å². The smallest absolute Gasteiger partial charge is 0.286 e. The zero-order valence-electron chi connectivity index (χ0n) is 7.80. The number of rotatable bonds is 4. The highest BCUT2D eigenvalue weighted by atomic mass is 32.3. The van der Waals surface area contributed by atoms with Crippen LogP contribution in [0.5, 0.6) is 0 Å². The van der Waals surface area contributed by atoms with E-state index in [9.17, 15) is 16.8 Å². The lowest BCUT2D eigenvalue weighted by Crippen LogP contribution is -2.29. The van der Waals surface area contributed by atoms with E-state index >= 15 is 0 Å². The molecule has 0 spiro atoms. The number of sulfonamides is 2. The van der Waals surface area contributed by atoms with Gasteiger partial charge in [-0.25, -0.2) is 16.8 Å². The lowest BCUT2D eigenvalue weighted by atomic mass is 10.5. The molecule has 0 bridgehead atoms. The Morgan fingerprint density at radius 1 is 1.33 bits per heavy atom. The molecule has 1 aromatic heterocycles. The van der Waals surface area contributed by atoms with Gasteiger partial charge in [0.2, 0.25) is 15.1 Å². The van der Waals surface area contributed by atoms with Crippen LogP contribution in [0.3, 0.4) is 0 Å². The van der Waals surface area contributed by atoms with Gasteiger partial charge in [-0.3, -0.25) is 0 Å². The third-order valence-corrected chi connectivity index (χ3v) is 4.17. The molecular weight excluding hydrogens is 242 g/mol. The molecule has 0 radical (unpaired) electrons. The van der Waals surface area contributed by atoms with Crippen molar-refractivity contribution in [3.8, 4) is 0 Å². The summed E-state index contributed by atoms with van der Waals surface area (Å²) in [5, 5.41) is -0.470. The third-order valence-electron chi connectivity index (χ3n) is 1.33. The van der Waals surface area contributed by atoms with Crippen LogP contribution >= 0.6 is 0 Å². The van der Waals surface area contributed by atoms with E-state index in [1.807, 2.05) is 0 Å². The maximum atomic E-state index is 11.4. The van der Waals surface area contributed by atoms with E-state index in [0.29, 0.717) is 0 Å². The maximum Gasteiger partial charge on any atom is 0.286 e. The Labute approximate surface area is 87.7 Å². The Hall–Kier alpha value is -1.12. The Balaban J connectivity index is 3.12.